The van der Waals surface area contributed by atoms with E-state index in [1.165, 1.54) is 18.5 Å². The van der Waals surface area contributed by atoms with Gasteiger partial charge in [-0.05, 0) is 18.2 Å². The summed E-state index contributed by atoms with van der Waals surface area (Å²) < 4.78 is 14.9. The lowest BCUT2D eigenvalue weighted by Crippen LogP contribution is -2.13. The van der Waals surface area contributed by atoms with Crippen LogP contribution in [0.1, 0.15) is 5.56 Å². The number of aromatic nitrogens is 2. The SMILES string of the molecule is N/C(=N\O)c1cc(F)cc(-n2ccnc2)c1. The van der Waals surface area contributed by atoms with Crippen molar-refractivity contribution in [3.05, 3.63) is 48.3 Å². The third-order valence-corrected chi connectivity index (χ3v) is 2.09. The van der Waals surface area contributed by atoms with Gasteiger partial charge in [-0.1, -0.05) is 5.16 Å². The average Bonchev–Trinajstić information content (AvgIpc) is 2.80. The summed E-state index contributed by atoms with van der Waals surface area (Å²) in [6.07, 6.45) is 4.78. The number of amidine groups is 1. The summed E-state index contributed by atoms with van der Waals surface area (Å²) in [5.74, 6) is -0.603. The van der Waals surface area contributed by atoms with Gasteiger partial charge in [-0.25, -0.2) is 9.37 Å². The van der Waals surface area contributed by atoms with Crippen molar-refractivity contribution in [2.45, 2.75) is 0 Å². The van der Waals surface area contributed by atoms with E-state index in [1.54, 1.807) is 23.0 Å². The Balaban J connectivity index is 2.52. The van der Waals surface area contributed by atoms with Crippen LogP contribution in [0.2, 0.25) is 0 Å². The van der Waals surface area contributed by atoms with Gasteiger partial charge in [0.05, 0.1) is 12.0 Å². The van der Waals surface area contributed by atoms with E-state index in [4.69, 9.17) is 10.9 Å². The first-order chi connectivity index (χ1) is 7.70. The average molecular weight is 220 g/mol. The molecule has 16 heavy (non-hydrogen) atoms. The predicted molar refractivity (Wildman–Crippen MR) is 56.0 cm³/mol. The number of halogens is 1. The van der Waals surface area contributed by atoms with Crippen LogP contribution < -0.4 is 5.73 Å². The lowest BCUT2D eigenvalue weighted by molar-refractivity contribution is 0.318. The summed E-state index contributed by atoms with van der Waals surface area (Å²) in [5, 5.41) is 11.3. The second kappa shape index (κ2) is 4.01. The third kappa shape index (κ3) is 1.85. The number of hydrogen-bond acceptors (Lipinski definition) is 3. The molecule has 0 saturated carbocycles. The molecule has 0 bridgehead atoms. The second-order valence-corrected chi connectivity index (χ2v) is 3.15. The fraction of sp³-hybridized carbons (Fsp3) is 0. The quantitative estimate of drug-likeness (QED) is 0.344. The summed E-state index contributed by atoms with van der Waals surface area (Å²) in [6.45, 7) is 0. The molecule has 0 spiro atoms. The molecule has 0 aliphatic carbocycles. The topological polar surface area (TPSA) is 76.4 Å². The van der Waals surface area contributed by atoms with Gasteiger partial charge in [-0.3, -0.25) is 0 Å². The first-order valence-corrected chi connectivity index (χ1v) is 4.47. The Bertz CT molecular complexity index is 522. The second-order valence-electron chi connectivity index (χ2n) is 3.15. The molecule has 0 radical (unpaired) electrons. The zero-order chi connectivity index (χ0) is 11.5. The van der Waals surface area contributed by atoms with Crippen LogP contribution >= 0.6 is 0 Å². The molecule has 1 aromatic heterocycles. The zero-order valence-corrected chi connectivity index (χ0v) is 8.21. The lowest BCUT2D eigenvalue weighted by atomic mass is 10.2. The fourth-order valence-corrected chi connectivity index (χ4v) is 1.34. The van der Waals surface area contributed by atoms with Crippen LogP contribution in [0.15, 0.2) is 42.1 Å². The van der Waals surface area contributed by atoms with Gasteiger partial charge < -0.3 is 15.5 Å². The molecule has 0 unspecified atom stereocenters. The van der Waals surface area contributed by atoms with Gasteiger partial charge in [-0.15, -0.1) is 0 Å². The van der Waals surface area contributed by atoms with Gasteiger partial charge in [0, 0.05) is 18.0 Å². The standard InChI is InChI=1S/C10H9FN4O/c11-8-3-7(10(12)14-16)4-9(5-8)15-2-1-13-6-15/h1-6,16H,(H2,12,14). The van der Waals surface area contributed by atoms with Crippen molar-refractivity contribution in [2.75, 3.05) is 0 Å². The van der Waals surface area contributed by atoms with E-state index >= 15 is 0 Å². The van der Waals surface area contributed by atoms with Gasteiger partial charge in [0.1, 0.15) is 5.82 Å². The van der Waals surface area contributed by atoms with Crippen molar-refractivity contribution in [2.24, 2.45) is 10.9 Å². The van der Waals surface area contributed by atoms with Crippen molar-refractivity contribution in [3.63, 3.8) is 0 Å². The minimum Gasteiger partial charge on any atom is -0.409 e. The van der Waals surface area contributed by atoms with Crippen LogP contribution in [-0.2, 0) is 0 Å². The maximum Gasteiger partial charge on any atom is 0.170 e. The maximum atomic E-state index is 13.3. The molecule has 2 rings (SSSR count). The van der Waals surface area contributed by atoms with E-state index in [-0.39, 0.29) is 5.84 Å². The van der Waals surface area contributed by atoms with Gasteiger partial charge in [0.2, 0.25) is 0 Å². The lowest BCUT2D eigenvalue weighted by Gasteiger charge is -2.05. The van der Waals surface area contributed by atoms with Crippen LogP contribution in [0.4, 0.5) is 4.39 Å². The maximum absolute atomic E-state index is 13.3. The summed E-state index contributed by atoms with van der Waals surface area (Å²) in [5.41, 5.74) is 6.26. The minimum absolute atomic E-state index is 0.138. The predicted octanol–water partition coefficient (Wildman–Crippen LogP) is 1.11. The molecule has 5 nitrogen and oxygen atoms in total. The van der Waals surface area contributed by atoms with Gasteiger partial charge in [0.15, 0.2) is 5.84 Å². The van der Waals surface area contributed by atoms with E-state index in [0.717, 1.165) is 0 Å². The molecule has 0 fully saturated rings. The Kier molecular flexibility index (Phi) is 2.55. The third-order valence-electron chi connectivity index (χ3n) is 2.09. The molecular weight excluding hydrogens is 211 g/mol. The Morgan fingerprint density at radius 2 is 2.25 bits per heavy atom. The summed E-state index contributed by atoms with van der Waals surface area (Å²) in [6, 6.07) is 4.12. The molecule has 1 heterocycles. The van der Waals surface area contributed by atoms with Crippen molar-refractivity contribution >= 4 is 5.84 Å². The molecule has 0 atom stereocenters. The van der Waals surface area contributed by atoms with Gasteiger partial charge in [-0.2, -0.15) is 0 Å². The summed E-state index contributed by atoms with van der Waals surface area (Å²) in [7, 11) is 0. The minimum atomic E-state index is -0.465. The van der Waals surface area contributed by atoms with Crippen LogP contribution in [-0.4, -0.2) is 20.6 Å². The molecule has 1 aromatic carbocycles. The van der Waals surface area contributed by atoms with E-state index in [1.807, 2.05) is 0 Å². The van der Waals surface area contributed by atoms with Crippen LogP contribution in [0.3, 0.4) is 0 Å². The van der Waals surface area contributed by atoms with E-state index in [9.17, 15) is 4.39 Å². The number of oxime groups is 1. The highest BCUT2D eigenvalue weighted by molar-refractivity contribution is 5.97. The number of imidazole rings is 1. The summed E-state index contributed by atoms with van der Waals surface area (Å²) in [4.78, 5) is 3.85. The van der Waals surface area contributed by atoms with E-state index in [2.05, 4.69) is 10.1 Å². The molecule has 3 N–H and O–H groups in total. The normalized spacial score (nSPS) is 11.7. The van der Waals surface area contributed by atoms with Crippen LogP contribution in [0.5, 0.6) is 0 Å². The molecular formula is C10H9FN4O. The Hall–Kier alpha value is -2.37. The van der Waals surface area contributed by atoms with Gasteiger partial charge in [0.25, 0.3) is 0 Å². The highest BCUT2D eigenvalue weighted by atomic mass is 19.1. The van der Waals surface area contributed by atoms with E-state index in [0.29, 0.717) is 11.3 Å². The Labute approximate surface area is 90.6 Å². The zero-order valence-electron chi connectivity index (χ0n) is 8.21. The number of hydrogen-bond donors (Lipinski definition) is 2. The monoisotopic (exact) mass is 220 g/mol. The molecule has 0 aliphatic heterocycles. The van der Waals surface area contributed by atoms with Gasteiger partial charge >= 0.3 is 0 Å². The molecule has 82 valence electrons. The van der Waals surface area contributed by atoms with Crippen molar-refractivity contribution < 1.29 is 9.60 Å². The largest absolute Gasteiger partial charge is 0.409 e. The molecule has 2 aromatic rings. The van der Waals surface area contributed by atoms with E-state index < -0.39 is 5.82 Å². The van der Waals surface area contributed by atoms with Crippen molar-refractivity contribution in [3.8, 4) is 5.69 Å². The highest BCUT2D eigenvalue weighted by Gasteiger charge is 2.05. The first-order valence-electron chi connectivity index (χ1n) is 4.47. The molecule has 6 heteroatoms. The van der Waals surface area contributed by atoms with Crippen LogP contribution in [0.25, 0.3) is 5.69 Å². The van der Waals surface area contributed by atoms with Crippen molar-refractivity contribution in [1.29, 1.82) is 0 Å². The first kappa shape index (κ1) is 10.2. The number of benzene rings is 1. The summed E-state index contributed by atoms with van der Waals surface area (Å²) >= 11 is 0. The number of nitrogens with two attached hydrogens (primary N) is 1. The highest BCUT2D eigenvalue weighted by Crippen LogP contribution is 2.13. The van der Waals surface area contributed by atoms with Crippen molar-refractivity contribution in [1.82, 2.24) is 9.55 Å². The Morgan fingerprint density at radius 1 is 1.44 bits per heavy atom. The molecule has 0 saturated heterocycles. The number of nitrogens with zero attached hydrogens (tertiary/aromatic N) is 3. The Morgan fingerprint density at radius 3 is 2.88 bits per heavy atom. The molecule has 0 amide bonds. The number of rotatable bonds is 2. The smallest absolute Gasteiger partial charge is 0.170 e. The van der Waals surface area contributed by atoms with Crippen LogP contribution in [0, 0.1) is 5.82 Å². The fourth-order valence-electron chi connectivity index (χ4n) is 1.34. The molecule has 0 aliphatic rings.